The largest absolute Gasteiger partial charge is 0.481 e. The predicted molar refractivity (Wildman–Crippen MR) is 108 cm³/mol. The molecule has 1 aromatic heterocycles. The monoisotopic (exact) mass is 406 g/mol. The molecule has 0 radical (unpaired) electrons. The summed E-state index contributed by atoms with van der Waals surface area (Å²) in [5.74, 6) is -0.615. The second-order valence-electron chi connectivity index (χ2n) is 8.29. The van der Waals surface area contributed by atoms with Crippen molar-refractivity contribution in [2.45, 2.75) is 63.3 Å². The first-order valence-electron chi connectivity index (χ1n) is 10.6. The van der Waals surface area contributed by atoms with Gasteiger partial charge in [-0.3, -0.25) is 4.79 Å². The molecule has 4 rings (SSSR count). The van der Waals surface area contributed by atoms with Crippen LogP contribution < -0.4 is 10.6 Å². The van der Waals surface area contributed by atoms with Gasteiger partial charge in [0.05, 0.1) is 16.6 Å². The van der Waals surface area contributed by atoms with Gasteiger partial charge >= 0.3 is 12.0 Å². The Kier molecular flexibility index (Phi) is 6.16. The van der Waals surface area contributed by atoms with Gasteiger partial charge in [0.1, 0.15) is 0 Å². The van der Waals surface area contributed by atoms with E-state index < -0.39 is 5.97 Å². The van der Waals surface area contributed by atoms with Gasteiger partial charge in [0.25, 0.3) is 0 Å². The normalized spacial score (nSPS) is 28.3. The van der Waals surface area contributed by atoms with Gasteiger partial charge in [0.2, 0.25) is 0 Å². The maximum Gasteiger partial charge on any atom is 0.317 e. The van der Waals surface area contributed by atoms with Gasteiger partial charge < -0.3 is 20.6 Å². The Labute approximate surface area is 169 Å². The molecule has 1 aliphatic carbocycles. The summed E-state index contributed by atoms with van der Waals surface area (Å²) >= 11 is 1.84. The van der Waals surface area contributed by atoms with Crippen molar-refractivity contribution in [1.29, 1.82) is 0 Å². The number of amides is 2. The molecule has 2 amide bonds. The minimum absolute atomic E-state index is 0.00537. The molecule has 1 aromatic rings. The van der Waals surface area contributed by atoms with E-state index in [9.17, 15) is 9.59 Å². The minimum atomic E-state index is -0.707. The maximum atomic E-state index is 12.8. The van der Waals surface area contributed by atoms with Crippen LogP contribution in [0, 0.1) is 5.92 Å². The third kappa shape index (κ3) is 4.49. The van der Waals surface area contributed by atoms with Crippen molar-refractivity contribution in [3.05, 3.63) is 15.6 Å². The molecule has 2 fully saturated rings. The van der Waals surface area contributed by atoms with Crippen LogP contribution in [0.25, 0.3) is 0 Å². The molecule has 1 saturated carbocycles. The smallest absolute Gasteiger partial charge is 0.317 e. The van der Waals surface area contributed by atoms with Crippen LogP contribution in [-0.2, 0) is 17.6 Å². The quantitative estimate of drug-likeness (QED) is 0.716. The van der Waals surface area contributed by atoms with Crippen LogP contribution >= 0.6 is 11.3 Å². The standard InChI is InChI=1S/C20H30N4O3S/c25-19(26)13-3-5-15(6-4-13)22-20(27)24-11-1-2-14(12-24)18-23-16-7-9-21-10-8-17(16)28-18/h13-15,21H,1-12H2,(H,22,27)(H,25,26)/t13-,14?,15-. The van der Waals surface area contributed by atoms with Crippen LogP contribution in [-0.4, -0.2) is 59.2 Å². The molecule has 3 heterocycles. The van der Waals surface area contributed by atoms with E-state index in [4.69, 9.17) is 10.1 Å². The molecule has 0 spiro atoms. The summed E-state index contributed by atoms with van der Waals surface area (Å²) in [6.45, 7) is 3.56. The Morgan fingerprint density at radius 1 is 1.14 bits per heavy atom. The number of hydrogen-bond acceptors (Lipinski definition) is 5. The molecule has 154 valence electrons. The van der Waals surface area contributed by atoms with Crippen LogP contribution in [0.2, 0.25) is 0 Å². The van der Waals surface area contributed by atoms with Gasteiger partial charge in [-0.15, -0.1) is 11.3 Å². The molecule has 2 aliphatic heterocycles. The molecule has 1 unspecified atom stereocenters. The lowest BCUT2D eigenvalue weighted by atomic mass is 9.86. The van der Waals surface area contributed by atoms with Crippen LogP contribution in [0.3, 0.4) is 0 Å². The molecule has 1 atom stereocenters. The lowest BCUT2D eigenvalue weighted by molar-refractivity contribution is -0.142. The van der Waals surface area contributed by atoms with Crippen molar-refractivity contribution < 1.29 is 14.7 Å². The zero-order chi connectivity index (χ0) is 19.5. The highest BCUT2D eigenvalue weighted by Crippen LogP contribution is 2.33. The zero-order valence-corrected chi connectivity index (χ0v) is 17.1. The summed E-state index contributed by atoms with van der Waals surface area (Å²) in [4.78, 5) is 32.1. The zero-order valence-electron chi connectivity index (χ0n) is 16.3. The van der Waals surface area contributed by atoms with Gasteiger partial charge in [-0.2, -0.15) is 0 Å². The molecule has 3 N–H and O–H groups in total. The number of aliphatic carboxylic acids is 1. The first kappa shape index (κ1) is 19.6. The topological polar surface area (TPSA) is 94.6 Å². The Hall–Kier alpha value is -1.67. The number of likely N-dealkylation sites (tertiary alicyclic amines) is 1. The number of nitrogens with one attached hydrogen (secondary N) is 2. The fourth-order valence-corrected chi connectivity index (χ4v) is 5.85. The number of piperidine rings is 1. The van der Waals surface area contributed by atoms with E-state index in [0.717, 1.165) is 64.7 Å². The molecule has 8 heteroatoms. The number of carboxylic acid groups (broad SMARTS) is 1. The minimum Gasteiger partial charge on any atom is -0.481 e. The Morgan fingerprint density at radius 3 is 2.71 bits per heavy atom. The number of rotatable bonds is 3. The summed E-state index contributed by atoms with van der Waals surface area (Å²) in [6, 6.07) is 0.109. The van der Waals surface area contributed by atoms with E-state index in [1.54, 1.807) is 0 Å². The van der Waals surface area contributed by atoms with Gasteiger partial charge in [-0.25, -0.2) is 9.78 Å². The van der Waals surface area contributed by atoms with Crippen LogP contribution in [0.1, 0.15) is 60.0 Å². The highest BCUT2D eigenvalue weighted by molar-refractivity contribution is 7.11. The second-order valence-corrected chi connectivity index (χ2v) is 9.41. The number of nitrogens with zero attached hydrogens (tertiary/aromatic N) is 2. The molecular formula is C20H30N4O3S. The van der Waals surface area contributed by atoms with Gasteiger partial charge in [0.15, 0.2) is 0 Å². The van der Waals surface area contributed by atoms with Crippen LogP contribution in [0.5, 0.6) is 0 Å². The lowest BCUT2D eigenvalue weighted by Crippen LogP contribution is -2.49. The highest BCUT2D eigenvalue weighted by atomic mass is 32.1. The number of thiazole rings is 1. The Bertz CT molecular complexity index is 691. The summed E-state index contributed by atoms with van der Waals surface area (Å²) in [6.07, 6.45) is 6.99. The van der Waals surface area contributed by atoms with Crippen molar-refractivity contribution in [3.63, 3.8) is 0 Å². The molecular weight excluding hydrogens is 376 g/mol. The first-order valence-corrected chi connectivity index (χ1v) is 11.4. The number of hydrogen-bond donors (Lipinski definition) is 3. The fourth-order valence-electron chi connectivity index (χ4n) is 4.62. The number of carbonyl (C=O) groups excluding carboxylic acids is 1. The lowest BCUT2D eigenvalue weighted by Gasteiger charge is -2.34. The molecule has 7 nitrogen and oxygen atoms in total. The molecule has 0 aromatic carbocycles. The number of carboxylic acids is 1. The highest BCUT2D eigenvalue weighted by Gasteiger charge is 2.31. The number of fused-ring (bicyclic) bond motifs is 1. The van der Waals surface area contributed by atoms with Crippen LogP contribution in [0.15, 0.2) is 0 Å². The van der Waals surface area contributed by atoms with Gasteiger partial charge in [-0.1, -0.05) is 0 Å². The third-order valence-electron chi connectivity index (χ3n) is 6.32. The van der Waals surface area contributed by atoms with E-state index in [1.165, 1.54) is 15.6 Å². The maximum absolute atomic E-state index is 12.8. The van der Waals surface area contributed by atoms with E-state index in [-0.39, 0.29) is 18.0 Å². The van der Waals surface area contributed by atoms with Crippen molar-refractivity contribution >= 4 is 23.3 Å². The molecule has 0 bridgehead atoms. The van der Waals surface area contributed by atoms with Crippen molar-refractivity contribution in [2.24, 2.45) is 5.92 Å². The molecule has 3 aliphatic rings. The Balaban J connectivity index is 1.32. The predicted octanol–water partition coefficient (Wildman–Crippen LogP) is 2.36. The van der Waals surface area contributed by atoms with E-state index in [2.05, 4.69) is 10.6 Å². The van der Waals surface area contributed by atoms with E-state index >= 15 is 0 Å². The van der Waals surface area contributed by atoms with Crippen LogP contribution in [0.4, 0.5) is 4.79 Å². The van der Waals surface area contributed by atoms with Crippen molar-refractivity contribution in [2.75, 3.05) is 26.2 Å². The molecule has 1 saturated heterocycles. The molecule has 28 heavy (non-hydrogen) atoms. The average molecular weight is 407 g/mol. The van der Waals surface area contributed by atoms with E-state index in [1.807, 2.05) is 16.2 Å². The number of urea groups is 1. The first-order chi connectivity index (χ1) is 13.6. The SMILES string of the molecule is O=C(N[C@H]1CC[C@H](C(=O)O)CC1)N1CCCC(c2nc3c(s2)CCNCC3)C1. The summed E-state index contributed by atoms with van der Waals surface area (Å²) in [5, 5.41) is 16.9. The van der Waals surface area contributed by atoms with Crippen molar-refractivity contribution in [1.82, 2.24) is 20.5 Å². The Morgan fingerprint density at radius 2 is 1.93 bits per heavy atom. The van der Waals surface area contributed by atoms with Gasteiger partial charge in [0, 0.05) is 49.4 Å². The second kappa shape index (κ2) is 8.78. The summed E-state index contributed by atoms with van der Waals surface area (Å²) in [5.41, 5.74) is 1.25. The van der Waals surface area contributed by atoms with Gasteiger partial charge in [-0.05, 0) is 44.9 Å². The van der Waals surface area contributed by atoms with Crippen molar-refractivity contribution in [3.8, 4) is 0 Å². The fraction of sp³-hybridized carbons (Fsp3) is 0.750. The summed E-state index contributed by atoms with van der Waals surface area (Å²) in [7, 11) is 0. The summed E-state index contributed by atoms with van der Waals surface area (Å²) < 4.78 is 0. The average Bonchev–Trinajstić information content (AvgIpc) is 2.99. The van der Waals surface area contributed by atoms with E-state index in [0.29, 0.717) is 18.8 Å². The number of aromatic nitrogens is 1. The third-order valence-corrected chi connectivity index (χ3v) is 7.64. The number of carbonyl (C=O) groups is 2.